The van der Waals surface area contributed by atoms with Gasteiger partial charge in [-0.2, -0.15) is 0 Å². The third-order valence-corrected chi connectivity index (χ3v) is 3.26. The quantitative estimate of drug-likeness (QED) is 0.731. The predicted octanol–water partition coefficient (Wildman–Crippen LogP) is 0.0502. The van der Waals surface area contributed by atoms with Gasteiger partial charge in [-0.05, 0) is 38.8 Å². The van der Waals surface area contributed by atoms with E-state index in [0.717, 1.165) is 45.4 Å². The number of rotatable bonds is 4. The number of hydrogen-bond donors (Lipinski definition) is 2. The molecule has 0 aromatic heterocycles. The summed E-state index contributed by atoms with van der Waals surface area (Å²) >= 11 is 0. The number of carbonyl (C=O) groups is 1. The Hall–Kier alpha value is -0.650. The second-order valence-electron chi connectivity index (χ2n) is 4.74. The summed E-state index contributed by atoms with van der Waals surface area (Å²) in [5, 5.41) is 6.22. The lowest BCUT2D eigenvalue weighted by atomic mass is 10.1. The molecule has 0 aromatic rings. The molecule has 1 amide bonds. The summed E-state index contributed by atoms with van der Waals surface area (Å²) in [4.78, 5) is 11.6. The van der Waals surface area contributed by atoms with Gasteiger partial charge < -0.3 is 20.1 Å². The monoisotopic (exact) mass is 242 g/mol. The number of hydrogen-bond acceptors (Lipinski definition) is 4. The second-order valence-corrected chi connectivity index (χ2v) is 4.74. The number of piperidine rings is 1. The molecule has 5 heteroatoms. The summed E-state index contributed by atoms with van der Waals surface area (Å²) in [6.45, 7) is 3.61. The minimum atomic E-state index is -0.0148. The third kappa shape index (κ3) is 4.61. The Morgan fingerprint density at radius 2 is 2.18 bits per heavy atom. The van der Waals surface area contributed by atoms with Crippen LogP contribution in [0.15, 0.2) is 0 Å². The SMILES string of the molecule is O=C(COC1CCNCC1)NC1CCCOC1. The van der Waals surface area contributed by atoms with Gasteiger partial charge in [0.1, 0.15) is 6.61 Å². The van der Waals surface area contributed by atoms with Crippen molar-refractivity contribution < 1.29 is 14.3 Å². The Bertz CT molecular complexity index is 236. The van der Waals surface area contributed by atoms with Crippen LogP contribution >= 0.6 is 0 Å². The highest BCUT2D eigenvalue weighted by atomic mass is 16.5. The van der Waals surface area contributed by atoms with Gasteiger partial charge in [-0.1, -0.05) is 0 Å². The predicted molar refractivity (Wildman–Crippen MR) is 63.8 cm³/mol. The maximum Gasteiger partial charge on any atom is 0.246 e. The van der Waals surface area contributed by atoms with Gasteiger partial charge in [-0.3, -0.25) is 4.79 Å². The van der Waals surface area contributed by atoms with Gasteiger partial charge in [0.2, 0.25) is 5.91 Å². The summed E-state index contributed by atoms with van der Waals surface area (Å²) in [6, 6.07) is 0.174. The molecule has 2 fully saturated rings. The average molecular weight is 242 g/mol. The molecule has 98 valence electrons. The van der Waals surface area contributed by atoms with Crippen LogP contribution in [0.3, 0.4) is 0 Å². The Morgan fingerprint density at radius 3 is 2.88 bits per heavy atom. The van der Waals surface area contributed by atoms with Gasteiger partial charge >= 0.3 is 0 Å². The van der Waals surface area contributed by atoms with Crippen LogP contribution in [0.4, 0.5) is 0 Å². The van der Waals surface area contributed by atoms with Crippen molar-refractivity contribution in [2.24, 2.45) is 0 Å². The second kappa shape index (κ2) is 6.93. The van der Waals surface area contributed by atoms with Crippen molar-refractivity contribution in [3.8, 4) is 0 Å². The van der Waals surface area contributed by atoms with E-state index in [4.69, 9.17) is 9.47 Å². The van der Waals surface area contributed by atoms with Crippen LogP contribution in [0.1, 0.15) is 25.7 Å². The largest absolute Gasteiger partial charge is 0.379 e. The Kier molecular flexibility index (Phi) is 5.22. The van der Waals surface area contributed by atoms with Gasteiger partial charge in [-0.15, -0.1) is 0 Å². The molecule has 0 radical (unpaired) electrons. The van der Waals surface area contributed by atoms with Crippen LogP contribution < -0.4 is 10.6 Å². The van der Waals surface area contributed by atoms with E-state index >= 15 is 0 Å². The lowest BCUT2D eigenvalue weighted by molar-refractivity contribution is -0.129. The average Bonchev–Trinajstić information content (AvgIpc) is 2.39. The van der Waals surface area contributed by atoms with Crippen molar-refractivity contribution in [2.45, 2.75) is 37.8 Å². The van der Waals surface area contributed by atoms with Crippen LogP contribution in [-0.4, -0.2) is 51.0 Å². The molecule has 2 rings (SSSR count). The Morgan fingerprint density at radius 1 is 1.35 bits per heavy atom. The smallest absolute Gasteiger partial charge is 0.246 e. The van der Waals surface area contributed by atoms with E-state index in [2.05, 4.69) is 10.6 Å². The maximum absolute atomic E-state index is 11.6. The molecule has 2 aliphatic heterocycles. The lowest BCUT2D eigenvalue weighted by Crippen LogP contribution is -2.43. The van der Waals surface area contributed by atoms with E-state index in [1.807, 2.05) is 0 Å². The molecule has 0 aliphatic carbocycles. The molecule has 0 bridgehead atoms. The Balaban J connectivity index is 1.59. The van der Waals surface area contributed by atoms with Crippen LogP contribution in [0.2, 0.25) is 0 Å². The topological polar surface area (TPSA) is 59.6 Å². The first-order valence-corrected chi connectivity index (χ1v) is 6.54. The molecule has 1 atom stereocenters. The maximum atomic E-state index is 11.6. The Labute approximate surface area is 102 Å². The van der Waals surface area contributed by atoms with E-state index < -0.39 is 0 Å². The number of amides is 1. The van der Waals surface area contributed by atoms with Crippen molar-refractivity contribution in [3.63, 3.8) is 0 Å². The van der Waals surface area contributed by atoms with Crippen molar-refractivity contribution in [3.05, 3.63) is 0 Å². The summed E-state index contributed by atoms with van der Waals surface area (Å²) in [5.41, 5.74) is 0. The van der Waals surface area contributed by atoms with E-state index in [1.54, 1.807) is 0 Å². The molecule has 5 nitrogen and oxygen atoms in total. The molecular formula is C12H22N2O3. The van der Waals surface area contributed by atoms with Crippen molar-refractivity contribution in [1.82, 2.24) is 10.6 Å². The molecule has 0 saturated carbocycles. The van der Waals surface area contributed by atoms with Crippen LogP contribution in [0.5, 0.6) is 0 Å². The molecule has 2 aliphatic rings. The van der Waals surface area contributed by atoms with Gasteiger partial charge in [0, 0.05) is 6.61 Å². The number of ether oxygens (including phenoxy) is 2. The van der Waals surface area contributed by atoms with Crippen LogP contribution in [0.25, 0.3) is 0 Å². The van der Waals surface area contributed by atoms with Gasteiger partial charge in [0.25, 0.3) is 0 Å². The highest BCUT2D eigenvalue weighted by molar-refractivity contribution is 5.77. The summed E-state index contributed by atoms with van der Waals surface area (Å²) < 4.78 is 10.9. The van der Waals surface area contributed by atoms with Crippen molar-refractivity contribution in [1.29, 1.82) is 0 Å². The fraction of sp³-hybridized carbons (Fsp3) is 0.917. The first kappa shape index (κ1) is 12.8. The van der Waals surface area contributed by atoms with Crippen molar-refractivity contribution in [2.75, 3.05) is 32.9 Å². The molecule has 2 saturated heterocycles. The molecule has 0 aromatic carbocycles. The van der Waals surface area contributed by atoms with E-state index in [-0.39, 0.29) is 24.7 Å². The van der Waals surface area contributed by atoms with Crippen LogP contribution in [-0.2, 0) is 14.3 Å². The molecule has 2 N–H and O–H groups in total. The first-order chi connectivity index (χ1) is 8.34. The molecule has 0 spiro atoms. The van der Waals surface area contributed by atoms with Crippen LogP contribution in [0, 0.1) is 0 Å². The zero-order valence-electron chi connectivity index (χ0n) is 10.2. The number of carbonyl (C=O) groups excluding carboxylic acids is 1. The van der Waals surface area contributed by atoms with E-state index in [0.29, 0.717) is 6.61 Å². The highest BCUT2D eigenvalue weighted by Gasteiger charge is 2.18. The summed E-state index contributed by atoms with van der Waals surface area (Å²) in [5.74, 6) is -0.0148. The minimum Gasteiger partial charge on any atom is -0.379 e. The van der Waals surface area contributed by atoms with E-state index in [9.17, 15) is 4.79 Å². The minimum absolute atomic E-state index is 0.0148. The van der Waals surface area contributed by atoms with Crippen molar-refractivity contribution >= 4 is 5.91 Å². The zero-order valence-corrected chi connectivity index (χ0v) is 10.2. The molecular weight excluding hydrogens is 220 g/mol. The number of nitrogens with one attached hydrogen (secondary N) is 2. The highest BCUT2D eigenvalue weighted by Crippen LogP contribution is 2.08. The van der Waals surface area contributed by atoms with E-state index in [1.165, 1.54) is 0 Å². The normalized spacial score (nSPS) is 26.7. The molecule has 2 heterocycles. The third-order valence-electron chi connectivity index (χ3n) is 3.26. The summed E-state index contributed by atoms with van der Waals surface area (Å²) in [6.07, 6.45) is 4.28. The summed E-state index contributed by atoms with van der Waals surface area (Å²) in [7, 11) is 0. The molecule has 1 unspecified atom stereocenters. The molecule has 17 heavy (non-hydrogen) atoms. The fourth-order valence-corrected chi connectivity index (χ4v) is 2.28. The standard InChI is InChI=1S/C12H22N2O3/c15-12(14-10-2-1-7-16-8-10)9-17-11-3-5-13-6-4-11/h10-11,13H,1-9H2,(H,14,15). The first-order valence-electron chi connectivity index (χ1n) is 6.54. The fourth-order valence-electron chi connectivity index (χ4n) is 2.28. The van der Waals surface area contributed by atoms with Gasteiger partial charge in [-0.25, -0.2) is 0 Å². The lowest BCUT2D eigenvalue weighted by Gasteiger charge is -2.25. The van der Waals surface area contributed by atoms with Gasteiger partial charge in [0.05, 0.1) is 18.8 Å². The zero-order chi connectivity index (χ0) is 11.9. The van der Waals surface area contributed by atoms with Gasteiger partial charge in [0.15, 0.2) is 0 Å².